The predicted octanol–water partition coefficient (Wildman–Crippen LogP) is 2.96. The molecule has 11 heteroatoms. The summed E-state index contributed by atoms with van der Waals surface area (Å²) < 4.78 is 20.2. The molecule has 9 nitrogen and oxygen atoms in total. The van der Waals surface area contributed by atoms with Crippen molar-refractivity contribution >= 4 is 37.2 Å². The molecule has 0 radical (unpaired) electrons. The smallest absolute Gasteiger partial charge is 0.351 e. The molecule has 1 unspecified atom stereocenters. The number of aliphatic carboxylic acids is 1. The Morgan fingerprint density at radius 2 is 1.93 bits per heavy atom. The molecular weight excluding hydrogens is 421 g/mol. The number of benzene rings is 1. The van der Waals surface area contributed by atoms with Crippen molar-refractivity contribution in [3.63, 3.8) is 0 Å². The molecule has 0 saturated heterocycles. The molecule has 162 valence electrons. The third kappa shape index (κ3) is 11.5. The van der Waals surface area contributed by atoms with Crippen LogP contribution in [0.25, 0.3) is 11.0 Å². The van der Waals surface area contributed by atoms with Crippen LogP contribution in [0.3, 0.4) is 0 Å². The number of aromatic hydroxyl groups is 1. The Hall–Kier alpha value is -2.10. The molecule has 5 N–H and O–H groups in total. The first-order chi connectivity index (χ1) is 13.3. The Labute approximate surface area is 173 Å². The molecule has 2 rings (SSSR count). The van der Waals surface area contributed by atoms with Gasteiger partial charge in [0.15, 0.2) is 0 Å². The lowest BCUT2D eigenvalue weighted by atomic mass is 10.1. The average Bonchev–Trinajstić information content (AvgIpc) is 2.60. The standard InChI is InChI=1S/C9H6O3.C5H11O3PS.C4H9NO2/c10-7-5-9(11)12-8-4-2-1-3-6(7)8;1-2-4-9(6,7)8-3-5-10;1-4(2,5)3(6)7/h1-5,10H;2,4,10H,3,5H2,1H3,(H,6,7);5H2,1-2H3,(H,6,7)/b;4-2-;. The predicted molar refractivity (Wildman–Crippen MR) is 114 cm³/mol. The number of nitrogens with two attached hydrogens (primary N) is 1. The van der Waals surface area contributed by atoms with Crippen molar-refractivity contribution in [1.82, 2.24) is 0 Å². The zero-order chi connectivity index (χ0) is 22.7. The van der Waals surface area contributed by atoms with Gasteiger partial charge in [-0.25, -0.2) is 4.79 Å². The van der Waals surface area contributed by atoms with Crippen LogP contribution in [0, 0.1) is 0 Å². The van der Waals surface area contributed by atoms with E-state index in [1.807, 2.05) is 0 Å². The van der Waals surface area contributed by atoms with Gasteiger partial charge in [0.1, 0.15) is 16.9 Å². The monoisotopic (exact) mass is 447 g/mol. The van der Waals surface area contributed by atoms with Gasteiger partial charge in [-0.05, 0) is 32.9 Å². The molecule has 0 aliphatic carbocycles. The van der Waals surface area contributed by atoms with Crippen molar-refractivity contribution in [2.24, 2.45) is 5.73 Å². The summed E-state index contributed by atoms with van der Waals surface area (Å²) in [4.78, 5) is 29.5. The van der Waals surface area contributed by atoms with Crippen LogP contribution in [0.5, 0.6) is 5.75 Å². The number of thiol groups is 1. The van der Waals surface area contributed by atoms with Crippen molar-refractivity contribution in [3.05, 3.63) is 52.6 Å². The highest BCUT2D eigenvalue weighted by atomic mass is 32.1. The normalized spacial score (nSPS) is 13.0. The molecule has 0 aliphatic rings. The Balaban J connectivity index is 0.000000423. The number of para-hydroxylation sites is 1. The fraction of sp³-hybridized carbons (Fsp3) is 0.333. The van der Waals surface area contributed by atoms with Crippen molar-refractivity contribution in [1.29, 1.82) is 0 Å². The minimum Gasteiger partial charge on any atom is -0.507 e. The molecule has 1 aromatic heterocycles. The van der Waals surface area contributed by atoms with Gasteiger partial charge in [-0.1, -0.05) is 18.2 Å². The summed E-state index contributed by atoms with van der Waals surface area (Å²) in [6.07, 6.45) is 1.49. The summed E-state index contributed by atoms with van der Waals surface area (Å²) in [7, 11) is -3.44. The highest BCUT2D eigenvalue weighted by molar-refractivity contribution is 7.80. The molecule has 2 aromatic rings. The number of carboxylic acids is 1. The third-order valence-corrected chi connectivity index (χ3v) is 4.29. The molecule has 1 aromatic carbocycles. The number of fused-ring (bicyclic) bond motifs is 1. The summed E-state index contributed by atoms with van der Waals surface area (Å²) in [5.74, 6) is 0.577. The third-order valence-electron chi connectivity index (χ3n) is 2.88. The highest BCUT2D eigenvalue weighted by Crippen LogP contribution is 2.43. The quantitative estimate of drug-likeness (QED) is 0.264. The van der Waals surface area contributed by atoms with E-state index in [2.05, 4.69) is 17.2 Å². The fourth-order valence-corrected chi connectivity index (χ4v) is 2.55. The van der Waals surface area contributed by atoms with E-state index in [0.717, 1.165) is 11.9 Å². The van der Waals surface area contributed by atoms with Gasteiger partial charge in [0.2, 0.25) is 0 Å². The van der Waals surface area contributed by atoms with Gasteiger partial charge in [0.05, 0.1) is 18.1 Å². The van der Waals surface area contributed by atoms with Crippen LogP contribution >= 0.6 is 20.2 Å². The highest BCUT2D eigenvalue weighted by Gasteiger charge is 2.19. The van der Waals surface area contributed by atoms with E-state index in [1.54, 1.807) is 31.2 Å². The SMILES string of the molecule is C/C=C\P(=O)(O)OCCS.CC(C)(N)C(=O)O.O=c1cc(O)c2ccccc2o1. The number of allylic oxidation sites excluding steroid dienone is 1. The lowest BCUT2D eigenvalue weighted by Gasteiger charge is -2.09. The number of hydrogen-bond acceptors (Lipinski definition) is 8. The second-order valence-electron chi connectivity index (χ2n) is 6.08. The first-order valence-corrected chi connectivity index (χ1v) is 10.6. The summed E-state index contributed by atoms with van der Waals surface area (Å²) >= 11 is 3.82. The van der Waals surface area contributed by atoms with Crippen molar-refractivity contribution in [2.45, 2.75) is 26.3 Å². The zero-order valence-corrected chi connectivity index (χ0v) is 18.1. The second kappa shape index (κ2) is 12.5. The Morgan fingerprint density at radius 1 is 1.38 bits per heavy atom. The van der Waals surface area contributed by atoms with Gasteiger partial charge in [-0.3, -0.25) is 9.36 Å². The zero-order valence-electron chi connectivity index (χ0n) is 16.3. The maximum absolute atomic E-state index is 10.8. The lowest BCUT2D eigenvalue weighted by molar-refractivity contribution is -0.141. The molecule has 0 aliphatic heterocycles. The van der Waals surface area contributed by atoms with Gasteiger partial charge >= 0.3 is 19.2 Å². The summed E-state index contributed by atoms with van der Waals surface area (Å²) in [6.45, 7) is 4.73. The molecule has 1 heterocycles. The minimum atomic E-state index is -3.44. The Kier molecular flexibility index (Phi) is 11.6. The molecular formula is C18H26NO8PS. The summed E-state index contributed by atoms with van der Waals surface area (Å²) in [5.41, 5.74) is 3.86. The van der Waals surface area contributed by atoms with Crippen LogP contribution in [0.15, 0.2) is 51.4 Å². The van der Waals surface area contributed by atoms with E-state index in [1.165, 1.54) is 19.9 Å². The maximum Gasteiger partial charge on any atom is 0.351 e. The Bertz CT molecular complexity index is 920. The first kappa shape index (κ1) is 26.9. The van der Waals surface area contributed by atoms with Crippen LogP contribution in [0.1, 0.15) is 20.8 Å². The van der Waals surface area contributed by atoms with Crippen molar-refractivity contribution < 1.29 is 33.4 Å². The van der Waals surface area contributed by atoms with E-state index in [4.69, 9.17) is 20.2 Å². The van der Waals surface area contributed by atoms with Crippen LogP contribution in [-0.4, -0.2) is 39.0 Å². The van der Waals surface area contributed by atoms with Crippen LogP contribution < -0.4 is 11.4 Å². The number of carbonyl (C=O) groups is 1. The van der Waals surface area contributed by atoms with Crippen LogP contribution in [0.4, 0.5) is 0 Å². The first-order valence-electron chi connectivity index (χ1n) is 8.30. The van der Waals surface area contributed by atoms with E-state index in [9.17, 15) is 19.3 Å². The maximum atomic E-state index is 10.8. The molecule has 0 amide bonds. The van der Waals surface area contributed by atoms with E-state index < -0.39 is 24.7 Å². The Morgan fingerprint density at radius 3 is 2.41 bits per heavy atom. The lowest BCUT2D eigenvalue weighted by Crippen LogP contribution is -2.41. The molecule has 0 saturated carbocycles. The van der Waals surface area contributed by atoms with Crippen LogP contribution in [0.2, 0.25) is 0 Å². The average molecular weight is 447 g/mol. The van der Waals surface area contributed by atoms with Crippen molar-refractivity contribution in [3.8, 4) is 5.75 Å². The fourth-order valence-electron chi connectivity index (χ4n) is 1.50. The van der Waals surface area contributed by atoms with Gasteiger partial charge in [-0.2, -0.15) is 12.6 Å². The molecule has 29 heavy (non-hydrogen) atoms. The van der Waals surface area contributed by atoms with Gasteiger partial charge in [-0.15, -0.1) is 0 Å². The van der Waals surface area contributed by atoms with E-state index in [-0.39, 0.29) is 12.4 Å². The largest absolute Gasteiger partial charge is 0.507 e. The van der Waals surface area contributed by atoms with Crippen molar-refractivity contribution in [2.75, 3.05) is 12.4 Å². The molecule has 0 spiro atoms. The van der Waals surface area contributed by atoms with Gasteiger partial charge < -0.3 is 29.8 Å². The summed E-state index contributed by atoms with van der Waals surface area (Å²) in [6, 6.07) is 7.89. The number of hydrogen-bond donors (Lipinski definition) is 5. The topological polar surface area (TPSA) is 160 Å². The van der Waals surface area contributed by atoms with E-state index >= 15 is 0 Å². The molecule has 0 fully saturated rings. The number of rotatable bonds is 5. The molecule has 1 atom stereocenters. The van der Waals surface area contributed by atoms with E-state index in [0.29, 0.717) is 16.7 Å². The van der Waals surface area contributed by atoms with Gasteiger partial charge in [0.25, 0.3) is 0 Å². The number of carboxylic acid groups (broad SMARTS) is 1. The van der Waals surface area contributed by atoms with Crippen LogP contribution in [-0.2, 0) is 13.9 Å². The second-order valence-corrected chi connectivity index (χ2v) is 8.21. The minimum absolute atomic E-state index is 0.0400. The summed E-state index contributed by atoms with van der Waals surface area (Å²) in [5, 5.41) is 18.0. The van der Waals surface area contributed by atoms with Gasteiger partial charge in [0, 0.05) is 11.6 Å². The molecule has 0 bridgehead atoms.